The fourth-order valence-electron chi connectivity index (χ4n) is 2.68. The van der Waals surface area contributed by atoms with Gasteiger partial charge < -0.3 is 15.7 Å². The second kappa shape index (κ2) is 9.61. The summed E-state index contributed by atoms with van der Waals surface area (Å²) in [6.45, 7) is 4.73. The smallest absolute Gasteiger partial charge is 0.225 e. The summed E-state index contributed by atoms with van der Waals surface area (Å²) >= 11 is 3.50. The van der Waals surface area contributed by atoms with E-state index in [1.807, 2.05) is 50.2 Å². The van der Waals surface area contributed by atoms with Crippen LogP contribution in [0.25, 0.3) is 11.4 Å². The molecular formula is C21H24BrN5O. The fraction of sp³-hybridized carbons (Fsp3) is 0.286. The summed E-state index contributed by atoms with van der Waals surface area (Å²) in [4.78, 5) is 13.6. The molecule has 3 N–H and O–H groups in total. The van der Waals surface area contributed by atoms with Crippen LogP contribution in [0.3, 0.4) is 0 Å². The Morgan fingerprint density at radius 1 is 1.04 bits per heavy atom. The number of nitrogens with zero attached hydrogens (tertiary/aromatic N) is 3. The maximum Gasteiger partial charge on any atom is 0.225 e. The number of hydrogen-bond donors (Lipinski definition) is 3. The highest BCUT2D eigenvalue weighted by Crippen LogP contribution is 2.21. The summed E-state index contributed by atoms with van der Waals surface area (Å²) in [7, 11) is 0. The third-order valence-electron chi connectivity index (χ3n) is 4.33. The molecule has 28 heavy (non-hydrogen) atoms. The minimum Gasteiger partial charge on any atom is -0.394 e. The zero-order valence-electron chi connectivity index (χ0n) is 15.9. The molecule has 0 fully saturated rings. The van der Waals surface area contributed by atoms with E-state index in [0.717, 1.165) is 21.4 Å². The number of aliphatic hydroxyl groups is 1. The van der Waals surface area contributed by atoms with Gasteiger partial charge in [0.25, 0.3) is 0 Å². The predicted octanol–water partition coefficient (Wildman–Crippen LogP) is 4.34. The number of aliphatic hydroxyl groups excluding tert-OH is 1. The lowest BCUT2D eigenvalue weighted by molar-refractivity contribution is 0.248. The Kier molecular flexibility index (Phi) is 6.95. The van der Waals surface area contributed by atoms with E-state index in [2.05, 4.69) is 53.6 Å². The Hall–Kier alpha value is -2.51. The number of aromatic nitrogens is 3. The minimum atomic E-state index is -0.128. The van der Waals surface area contributed by atoms with Crippen molar-refractivity contribution in [3.63, 3.8) is 0 Å². The zero-order valence-corrected chi connectivity index (χ0v) is 17.5. The van der Waals surface area contributed by atoms with E-state index < -0.39 is 0 Å². The molecule has 0 aliphatic carbocycles. The topological polar surface area (TPSA) is 83.0 Å². The minimum absolute atomic E-state index is 0.00957. The highest BCUT2D eigenvalue weighted by molar-refractivity contribution is 9.10. The maximum absolute atomic E-state index is 9.64. The number of hydrogen-bond acceptors (Lipinski definition) is 6. The number of anilines is 2. The molecule has 0 aliphatic rings. The molecule has 0 radical (unpaired) electrons. The predicted molar refractivity (Wildman–Crippen MR) is 116 cm³/mol. The lowest BCUT2D eigenvalue weighted by Gasteiger charge is -2.20. The van der Waals surface area contributed by atoms with Crippen molar-refractivity contribution in [1.82, 2.24) is 15.0 Å². The molecule has 0 amide bonds. The van der Waals surface area contributed by atoms with Gasteiger partial charge in [0.2, 0.25) is 5.95 Å². The Labute approximate surface area is 173 Å². The molecule has 1 atom stereocenters. The van der Waals surface area contributed by atoms with Crippen molar-refractivity contribution in [2.45, 2.75) is 26.4 Å². The Morgan fingerprint density at radius 3 is 2.57 bits per heavy atom. The van der Waals surface area contributed by atoms with Gasteiger partial charge in [-0.05, 0) is 35.7 Å². The molecule has 146 valence electrons. The fourth-order valence-corrected chi connectivity index (χ4v) is 3.12. The summed E-state index contributed by atoms with van der Waals surface area (Å²) < 4.78 is 1.04. The van der Waals surface area contributed by atoms with Gasteiger partial charge in [0, 0.05) is 23.3 Å². The van der Waals surface area contributed by atoms with E-state index in [0.29, 0.717) is 18.3 Å². The first-order chi connectivity index (χ1) is 13.5. The molecule has 3 aromatic rings. The van der Waals surface area contributed by atoms with Gasteiger partial charge >= 0.3 is 0 Å². The summed E-state index contributed by atoms with van der Waals surface area (Å²) in [5.74, 6) is 1.40. The third kappa shape index (κ3) is 5.50. The van der Waals surface area contributed by atoms with Crippen molar-refractivity contribution in [2.24, 2.45) is 5.92 Å². The number of halogens is 1. The average molecular weight is 442 g/mol. The van der Waals surface area contributed by atoms with E-state index in [9.17, 15) is 5.11 Å². The maximum atomic E-state index is 9.64. The largest absolute Gasteiger partial charge is 0.394 e. The molecule has 0 bridgehead atoms. The van der Waals surface area contributed by atoms with E-state index >= 15 is 0 Å². The van der Waals surface area contributed by atoms with Crippen LogP contribution in [0, 0.1) is 5.92 Å². The summed E-state index contributed by atoms with van der Waals surface area (Å²) in [5.41, 5.74) is 2.62. The van der Waals surface area contributed by atoms with Gasteiger partial charge in [-0.3, -0.25) is 4.98 Å². The van der Waals surface area contributed by atoms with Crippen molar-refractivity contribution in [1.29, 1.82) is 0 Å². The van der Waals surface area contributed by atoms with Crippen molar-refractivity contribution in [2.75, 3.05) is 17.2 Å². The van der Waals surface area contributed by atoms with Crippen molar-refractivity contribution in [3.8, 4) is 11.4 Å². The quantitative estimate of drug-likeness (QED) is 0.482. The van der Waals surface area contributed by atoms with E-state index in [4.69, 9.17) is 0 Å². The van der Waals surface area contributed by atoms with Crippen molar-refractivity contribution in [3.05, 3.63) is 64.8 Å². The van der Waals surface area contributed by atoms with Gasteiger partial charge in [-0.15, -0.1) is 0 Å². The summed E-state index contributed by atoms with van der Waals surface area (Å²) in [6.07, 6.45) is 1.74. The molecule has 1 aromatic carbocycles. The standard InChI is InChI=1S/C21H24BrN5O/c1-14(2)19(13-28)26-21-25-18(17-8-3-4-9-23-17)11-20(27-21)24-12-15-6-5-7-16(22)10-15/h3-11,14,19,28H,12-13H2,1-2H3,(H2,24,25,26,27)/t19-/m1/s1. The molecule has 0 saturated heterocycles. The monoisotopic (exact) mass is 441 g/mol. The number of benzene rings is 1. The van der Waals surface area contributed by atoms with Crippen LogP contribution in [0.5, 0.6) is 0 Å². The molecular weight excluding hydrogens is 418 g/mol. The first-order valence-corrected chi connectivity index (χ1v) is 10.0. The van der Waals surface area contributed by atoms with Crippen molar-refractivity contribution < 1.29 is 5.11 Å². The number of pyridine rings is 1. The van der Waals surface area contributed by atoms with Gasteiger partial charge in [0.05, 0.1) is 24.0 Å². The van der Waals surface area contributed by atoms with Crippen LogP contribution < -0.4 is 10.6 Å². The van der Waals surface area contributed by atoms with Crippen molar-refractivity contribution >= 4 is 27.7 Å². The molecule has 0 aliphatic heterocycles. The molecule has 0 spiro atoms. The van der Waals surface area contributed by atoms with E-state index in [-0.39, 0.29) is 18.6 Å². The highest BCUT2D eigenvalue weighted by atomic mass is 79.9. The number of rotatable bonds is 8. The van der Waals surface area contributed by atoms with Crippen LogP contribution in [0.15, 0.2) is 59.2 Å². The molecule has 0 unspecified atom stereocenters. The SMILES string of the molecule is CC(C)[C@@H](CO)Nc1nc(NCc2cccc(Br)c2)cc(-c2ccccn2)n1. The molecule has 7 heteroatoms. The van der Waals surface area contributed by atoms with Crippen LogP contribution >= 0.6 is 15.9 Å². The highest BCUT2D eigenvalue weighted by Gasteiger charge is 2.15. The Balaban J connectivity index is 1.88. The number of nitrogens with one attached hydrogen (secondary N) is 2. The third-order valence-corrected chi connectivity index (χ3v) is 4.83. The Bertz CT molecular complexity index is 904. The van der Waals surface area contributed by atoms with Gasteiger partial charge in [0.1, 0.15) is 5.82 Å². The van der Waals surface area contributed by atoms with Gasteiger partial charge in [-0.25, -0.2) is 4.98 Å². The van der Waals surface area contributed by atoms with Crippen LogP contribution in [0.2, 0.25) is 0 Å². The first kappa shape index (κ1) is 20.2. The summed E-state index contributed by atoms with van der Waals surface area (Å²) in [6, 6.07) is 15.6. The lowest BCUT2D eigenvalue weighted by atomic mass is 10.1. The molecule has 3 rings (SSSR count). The van der Waals surface area contributed by atoms with Crippen LogP contribution in [-0.2, 0) is 6.54 Å². The van der Waals surface area contributed by atoms with Crippen LogP contribution in [0.1, 0.15) is 19.4 Å². The Morgan fingerprint density at radius 2 is 1.89 bits per heavy atom. The summed E-state index contributed by atoms with van der Waals surface area (Å²) in [5, 5.41) is 16.2. The van der Waals surface area contributed by atoms with E-state index in [1.54, 1.807) is 6.20 Å². The van der Waals surface area contributed by atoms with E-state index in [1.165, 1.54) is 0 Å². The van der Waals surface area contributed by atoms with Gasteiger partial charge in [-0.2, -0.15) is 4.98 Å². The van der Waals surface area contributed by atoms with Crippen LogP contribution in [0.4, 0.5) is 11.8 Å². The second-order valence-electron chi connectivity index (χ2n) is 6.84. The van der Waals surface area contributed by atoms with Crippen LogP contribution in [-0.4, -0.2) is 32.7 Å². The second-order valence-corrected chi connectivity index (χ2v) is 7.75. The molecule has 6 nitrogen and oxygen atoms in total. The normalized spacial score (nSPS) is 12.0. The van der Waals surface area contributed by atoms with Gasteiger partial charge in [0.15, 0.2) is 0 Å². The lowest BCUT2D eigenvalue weighted by Crippen LogP contribution is -2.30. The average Bonchev–Trinajstić information content (AvgIpc) is 2.71. The zero-order chi connectivity index (χ0) is 19.9. The van der Waals surface area contributed by atoms with Gasteiger partial charge in [-0.1, -0.05) is 48.0 Å². The molecule has 2 heterocycles. The molecule has 2 aromatic heterocycles. The molecule has 0 saturated carbocycles. The first-order valence-electron chi connectivity index (χ1n) is 9.21.